The number of hydrogen-bond donors (Lipinski definition) is 1. The number of halogens is 1. The lowest BCUT2D eigenvalue weighted by Gasteiger charge is -2.01. The minimum Gasteiger partial charge on any atom is -0.481 e. The molecule has 0 amide bonds. The molecule has 120 valence electrons. The second-order valence-electron chi connectivity index (χ2n) is 5.36. The Morgan fingerprint density at radius 1 is 1.12 bits per heavy atom. The molecule has 0 bridgehead atoms. The second kappa shape index (κ2) is 5.77. The van der Waals surface area contributed by atoms with E-state index in [-0.39, 0.29) is 5.82 Å². The summed E-state index contributed by atoms with van der Waals surface area (Å²) in [7, 11) is 1.57. The highest BCUT2D eigenvalue weighted by molar-refractivity contribution is 5.76. The molecule has 4 rings (SSSR count). The number of rotatable bonds is 4. The van der Waals surface area contributed by atoms with Crippen molar-refractivity contribution in [3.05, 3.63) is 60.2 Å². The van der Waals surface area contributed by atoms with Gasteiger partial charge in [-0.05, 0) is 23.8 Å². The van der Waals surface area contributed by atoms with Crippen molar-refractivity contribution in [2.75, 3.05) is 7.11 Å². The number of methoxy groups -OCH3 is 1. The topological polar surface area (TPSA) is 68.6 Å². The molecule has 1 aromatic carbocycles. The van der Waals surface area contributed by atoms with Gasteiger partial charge in [-0.2, -0.15) is 10.1 Å². The summed E-state index contributed by atoms with van der Waals surface area (Å²) in [5, 5.41) is 4.33. The number of H-pyrrole nitrogens is 1. The predicted molar refractivity (Wildman–Crippen MR) is 87.2 cm³/mol. The Morgan fingerprint density at radius 2 is 1.96 bits per heavy atom. The van der Waals surface area contributed by atoms with Crippen LogP contribution in [0.25, 0.3) is 22.6 Å². The lowest BCUT2D eigenvalue weighted by molar-refractivity contribution is 0.399. The van der Waals surface area contributed by atoms with Crippen molar-refractivity contribution in [3.8, 4) is 17.3 Å². The maximum atomic E-state index is 13.0. The van der Waals surface area contributed by atoms with E-state index >= 15 is 0 Å². The van der Waals surface area contributed by atoms with E-state index in [1.54, 1.807) is 36.2 Å². The van der Waals surface area contributed by atoms with Crippen LogP contribution in [0.3, 0.4) is 0 Å². The summed E-state index contributed by atoms with van der Waals surface area (Å²) in [6, 6.07) is 10.0. The van der Waals surface area contributed by atoms with Crippen LogP contribution >= 0.6 is 0 Å². The Kier molecular flexibility index (Phi) is 3.45. The Balaban J connectivity index is 1.61. The SMILES string of the molecule is COc1ccc2[nH]c(-c3cnn(Cc4ccc(F)cc4)c3)nc2n1. The first-order valence-electron chi connectivity index (χ1n) is 7.39. The monoisotopic (exact) mass is 323 g/mol. The standard InChI is InChI=1S/C17H14FN5O/c1-24-15-7-6-14-17(21-15)22-16(20-14)12-8-19-23(10-12)9-11-2-4-13(18)5-3-11/h2-8,10H,9H2,1H3,(H,20,21,22). The molecular weight excluding hydrogens is 309 g/mol. The first-order chi connectivity index (χ1) is 11.7. The number of nitrogens with zero attached hydrogens (tertiary/aromatic N) is 4. The molecule has 1 N–H and O–H groups in total. The molecule has 0 aliphatic rings. The van der Waals surface area contributed by atoms with Gasteiger partial charge in [0, 0.05) is 12.3 Å². The van der Waals surface area contributed by atoms with Crippen LogP contribution in [-0.4, -0.2) is 31.8 Å². The lowest BCUT2D eigenvalue weighted by atomic mass is 10.2. The molecule has 3 aromatic heterocycles. The van der Waals surface area contributed by atoms with E-state index in [1.807, 2.05) is 12.3 Å². The van der Waals surface area contributed by atoms with Crippen molar-refractivity contribution >= 4 is 11.2 Å². The Morgan fingerprint density at radius 3 is 2.75 bits per heavy atom. The number of fused-ring (bicyclic) bond motifs is 1. The first-order valence-corrected chi connectivity index (χ1v) is 7.39. The van der Waals surface area contributed by atoms with Gasteiger partial charge in [0.05, 0.1) is 30.9 Å². The molecule has 0 saturated carbocycles. The van der Waals surface area contributed by atoms with Crippen LogP contribution in [0.2, 0.25) is 0 Å². The molecule has 3 heterocycles. The minimum atomic E-state index is -0.245. The minimum absolute atomic E-state index is 0.245. The predicted octanol–water partition coefficient (Wildman–Crippen LogP) is 3.02. The first kappa shape index (κ1) is 14.4. The van der Waals surface area contributed by atoms with Gasteiger partial charge in [-0.25, -0.2) is 9.37 Å². The van der Waals surface area contributed by atoms with E-state index < -0.39 is 0 Å². The van der Waals surface area contributed by atoms with Crippen LogP contribution in [0.4, 0.5) is 4.39 Å². The van der Waals surface area contributed by atoms with Gasteiger partial charge >= 0.3 is 0 Å². The maximum Gasteiger partial charge on any atom is 0.215 e. The summed E-state index contributed by atoms with van der Waals surface area (Å²) in [5.41, 5.74) is 3.25. The fraction of sp³-hybridized carbons (Fsp3) is 0.118. The van der Waals surface area contributed by atoms with E-state index in [1.165, 1.54) is 12.1 Å². The van der Waals surface area contributed by atoms with Gasteiger partial charge in [-0.3, -0.25) is 4.68 Å². The fourth-order valence-electron chi connectivity index (χ4n) is 2.47. The van der Waals surface area contributed by atoms with E-state index in [0.29, 0.717) is 23.9 Å². The van der Waals surface area contributed by atoms with Gasteiger partial charge in [-0.15, -0.1) is 0 Å². The van der Waals surface area contributed by atoms with Crippen LogP contribution < -0.4 is 4.74 Å². The third kappa shape index (κ3) is 2.71. The number of aromatic nitrogens is 5. The number of aromatic amines is 1. The number of ether oxygens (including phenoxy) is 1. The molecule has 0 aliphatic carbocycles. The number of pyridine rings is 1. The molecule has 0 saturated heterocycles. The second-order valence-corrected chi connectivity index (χ2v) is 5.36. The van der Waals surface area contributed by atoms with E-state index in [2.05, 4.69) is 20.1 Å². The molecule has 7 heteroatoms. The number of benzene rings is 1. The lowest BCUT2D eigenvalue weighted by Crippen LogP contribution is -1.99. The highest BCUT2D eigenvalue weighted by atomic mass is 19.1. The van der Waals surface area contributed by atoms with Gasteiger partial charge in [-0.1, -0.05) is 12.1 Å². The Hall–Kier alpha value is -3.22. The zero-order chi connectivity index (χ0) is 16.5. The maximum absolute atomic E-state index is 13.0. The Bertz CT molecular complexity index is 990. The van der Waals surface area contributed by atoms with Crippen LogP contribution in [0.15, 0.2) is 48.8 Å². The van der Waals surface area contributed by atoms with Crippen LogP contribution in [0.5, 0.6) is 5.88 Å². The van der Waals surface area contributed by atoms with Crippen molar-refractivity contribution in [1.82, 2.24) is 24.7 Å². The van der Waals surface area contributed by atoms with Crippen LogP contribution in [0, 0.1) is 5.82 Å². The molecule has 0 radical (unpaired) electrons. The summed E-state index contributed by atoms with van der Waals surface area (Å²) in [4.78, 5) is 12.0. The van der Waals surface area contributed by atoms with Crippen molar-refractivity contribution in [2.24, 2.45) is 0 Å². The van der Waals surface area contributed by atoms with Crippen molar-refractivity contribution in [3.63, 3.8) is 0 Å². The van der Waals surface area contributed by atoms with E-state index in [9.17, 15) is 4.39 Å². The molecule has 4 aromatic rings. The molecule has 0 fully saturated rings. The summed E-state index contributed by atoms with van der Waals surface area (Å²) < 4.78 is 19.8. The number of nitrogens with one attached hydrogen (secondary N) is 1. The smallest absolute Gasteiger partial charge is 0.215 e. The van der Waals surface area contributed by atoms with Gasteiger partial charge in [0.15, 0.2) is 5.65 Å². The normalized spacial score (nSPS) is 11.1. The Labute approximate surface area is 136 Å². The summed E-state index contributed by atoms with van der Waals surface area (Å²) >= 11 is 0. The van der Waals surface area contributed by atoms with Crippen LogP contribution in [0.1, 0.15) is 5.56 Å². The third-order valence-corrected chi connectivity index (χ3v) is 3.69. The molecule has 0 aliphatic heterocycles. The number of imidazole rings is 1. The fourth-order valence-corrected chi connectivity index (χ4v) is 2.47. The molecule has 0 atom stereocenters. The summed E-state index contributed by atoms with van der Waals surface area (Å²) in [6.07, 6.45) is 3.62. The molecule has 6 nitrogen and oxygen atoms in total. The van der Waals surface area contributed by atoms with Crippen LogP contribution in [-0.2, 0) is 6.54 Å². The average molecular weight is 323 g/mol. The third-order valence-electron chi connectivity index (χ3n) is 3.69. The average Bonchev–Trinajstić information content (AvgIpc) is 3.22. The largest absolute Gasteiger partial charge is 0.481 e. The van der Waals surface area contributed by atoms with Gasteiger partial charge in [0.2, 0.25) is 5.88 Å². The summed E-state index contributed by atoms with van der Waals surface area (Å²) in [5.74, 6) is 0.966. The molecule has 0 unspecified atom stereocenters. The van der Waals surface area contributed by atoms with Crippen molar-refractivity contribution in [2.45, 2.75) is 6.54 Å². The van der Waals surface area contributed by atoms with Crippen molar-refractivity contribution < 1.29 is 9.13 Å². The zero-order valence-electron chi connectivity index (χ0n) is 12.9. The highest BCUT2D eigenvalue weighted by Gasteiger charge is 2.09. The van der Waals surface area contributed by atoms with Gasteiger partial charge in [0.1, 0.15) is 11.6 Å². The van der Waals surface area contributed by atoms with Gasteiger partial charge in [0.25, 0.3) is 0 Å². The summed E-state index contributed by atoms with van der Waals surface area (Å²) in [6.45, 7) is 0.562. The van der Waals surface area contributed by atoms with Gasteiger partial charge < -0.3 is 9.72 Å². The van der Waals surface area contributed by atoms with E-state index in [4.69, 9.17) is 4.74 Å². The zero-order valence-corrected chi connectivity index (χ0v) is 12.9. The number of hydrogen-bond acceptors (Lipinski definition) is 4. The molecular formula is C17H14FN5O. The quantitative estimate of drug-likeness (QED) is 0.627. The van der Waals surface area contributed by atoms with E-state index in [0.717, 1.165) is 16.6 Å². The molecule has 24 heavy (non-hydrogen) atoms. The van der Waals surface area contributed by atoms with Crippen molar-refractivity contribution in [1.29, 1.82) is 0 Å². The molecule has 0 spiro atoms. The highest BCUT2D eigenvalue weighted by Crippen LogP contribution is 2.21.